The van der Waals surface area contributed by atoms with Crippen LogP contribution in [-0.4, -0.2) is 9.97 Å². The average Bonchev–Trinajstić information content (AvgIpc) is 1.76. The molecule has 0 aromatic carbocycles. The number of imidazole rings is 1. The van der Waals surface area contributed by atoms with Gasteiger partial charge >= 0.3 is 26.2 Å². The molecule has 0 aliphatic carbocycles. The van der Waals surface area contributed by atoms with Crippen LogP contribution < -0.4 is 0 Å². The summed E-state index contributed by atoms with van der Waals surface area (Å²) in [6, 6.07) is 0. The summed E-state index contributed by atoms with van der Waals surface area (Å²) in [5, 5.41) is 0. The molecule has 1 heterocycles. The van der Waals surface area contributed by atoms with Crippen LogP contribution in [0, 0.1) is 26.2 Å². The number of rotatable bonds is 0. The van der Waals surface area contributed by atoms with E-state index in [-0.39, 0.29) is 26.2 Å². The van der Waals surface area contributed by atoms with Crippen molar-refractivity contribution < 1.29 is 26.2 Å². The molecular weight excluding hydrogens is 274 g/mol. The fourth-order valence-corrected chi connectivity index (χ4v) is 0.215. The largest absolute Gasteiger partial charge is 0.351 e. The SMILES string of the molecule is [AtH].c1c[nH]cn1. The zero-order chi connectivity index (χ0) is 3.54. The van der Waals surface area contributed by atoms with Gasteiger partial charge in [0.15, 0.2) is 0 Å². The Bertz CT molecular complexity index is 65.3. The van der Waals surface area contributed by atoms with Gasteiger partial charge in [-0.1, -0.05) is 0 Å². The Morgan fingerprint density at radius 1 is 1.50 bits per heavy atom. The molecule has 0 fully saturated rings. The first-order chi connectivity index (χ1) is 2.50. The van der Waals surface area contributed by atoms with E-state index in [0.29, 0.717) is 0 Å². The molecular formula is C3H5AtN2. The summed E-state index contributed by atoms with van der Waals surface area (Å²) in [6.45, 7) is 0. The van der Waals surface area contributed by atoms with E-state index in [9.17, 15) is 0 Å². The van der Waals surface area contributed by atoms with E-state index >= 15 is 0 Å². The van der Waals surface area contributed by atoms with Crippen LogP contribution >= 0.6 is 0 Å². The predicted molar refractivity (Wildman–Crippen MR) is 20.0 cm³/mol. The van der Waals surface area contributed by atoms with Crippen molar-refractivity contribution in [1.29, 1.82) is 0 Å². The molecule has 1 aromatic rings. The zero-order valence-electron chi connectivity index (χ0n) is 3.09. The van der Waals surface area contributed by atoms with Crippen LogP contribution in [0.3, 0.4) is 0 Å². The van der Waals surface area contributed by atoms with Crippen molar-refractivity contribution in [2.24, 2.45) is 0 Å². The van der Waals surface area contributed by atoms with Gasteiger partial charge in [0.25, 0.3) is 0 Å². The maximum Gasteiger partial charge on any atom is 0.0919 e. The monoisotopic (exact) mass is 279 g/mol. The number of hydrogen-bond donors (Lipinski definition) is 1. The van der Waals surface area contributed by atoms with Crippen LogP contribution in [0.15, 0.2) is 18.7 Å². The molecule has 1 rings (SSSR count). The van der Waals surface area contributed by atoms with Gasteiger partial charge in [-0.05, 0) is 0 Å². The smallest absolute Gasteiger partial charge is 0.0919 e. The van der Waals surface area contributed by atoms with Gasteiger partial charge in [-0.2, -0.15) is 0 Å². The molecule has 0 aliphatic heterocycles. The fraction of sp³-hybridized carbons (Fsp3) is 0. The molecule has 2 nitrogen and oxygen atoms in total. The van der Waals surface area contributed by atoms with E-state index in [2.05, 4.69) is 9.97 Å². The number of nitrogens with zero attached hydrogens (tertiary/aromatic N) is 1. The molecule has 1 aromatic heterocycles. The summed E-state index contributed by atoms with van der Waals surface area (Å²) in [5.41, 5.74) is 0. The van der Waals surface area contributed by atoms with Crippen molar-refractivity contribution in [2.75, 3.05) is 0 Å². The van der Waals surface area contributed by atoms with E-state index in [1.165, 1.54) is 0 Å². The topological polar surface area (TPSA) is 28.7 Å². The van der Waals surface area contributed by atoms with Crippen molar-refractivity contribution >= 4 is 0 Å². The minimum absolute atomic E-state index is 0. The van der Waals surface area contributed by atoms with Gasteiger partial charge in [-0.25, -0.2) is 4.98 Å². The standard InChI is InChI=1S/C3H4N2.AtH/c1-2-5-3-4-1;/h1-3H,(H,4,5);1H. The van der Waals surface area contributed by atoms with Crippen LogP contribution in [0.5, 0.6) is 0 Å². The second kappa shape index (κ2) is 3.29. The van der Waals surface area contributed by atoms with Gasteiger partial charge in [-0.3, -0.25) is 0 Å². The van der Waals surface area contributed by atoms with Gasteiger partial charge in [0.2, 0.25) is 0 Å². The first kappa shape index (κ1) is 6.09. The molecule has 0 unspecified atom stereocenters. The Labute approximate surface area is 55.1 Å². The second-order valence-corrected chi connectivity index (χ2v) is 0.761. The third kappa shape index (κ3) is 1.51. The molecule has 0 spiro atoms. The summed E-state index contributed by atoms with van der Waals surface area (Å²) in [7, 11) is 0. The average molecular weight is 279 g/mol. The Morgan fingerprint density at radius 2 is 2.33 bits per heavy atom. The molecule has 0 atom stereocenters. The van der Waals surface area contributed by atoms with E-state index in [4.69, 9.17) is 0 Å². The normalized spacial score (nSPS) is 6.67. The number of hydrogen-bond acceptors (Lipinski definition) is 1. The Hall–Kier alpha value is 0.0931. The molecule has 0 aliphatic rings. The third-order valence-corrected chi connectivity index (χ3v) is 0.406. The third-order valence-electron chi connectivity index (χ3n) is 0.406. The van der Waals surface area contributed by atoms with Gasteiger partial charge in [0.1, 0.15) is 0 Å². The van der Waals surface area contributed by atoms with Gasteiger partial charge in [0.05, 0.1) is 6.33 Å². The molecule has 3 heteroatoms. The van der Waals surface area contributed by atoms with Crippen LogP contribution in [0.1, 0.15) is 0 Å². The number of H-pyrrole nitrogens is 1. The van der Waals surface area contributed by atoms with E-state index < -0.39 is 0 Å². The first-order valence-electron chi connectivity index (χ1n) is 1.43. The summed E-state index contributed by atoms with van der Waals surface area (Å²) in [4.78, 5) is 6.42. The molecule has 0 bridgehead atoms. The van der Waals surface area contributed by atoms with Crippen LogP contribution in [0.2, 0.25) is 0 Å². The summed E-state index contributed by atoms with van der Waals surface area (Å²) < 4.78 is 0. The fourth-order valence-electron chi connectivity index (χ4n) is 0.215. The summed E-state index contributed by atoms with van der Waals surface area (Å²) in [6.07, 6.45) is 5.08. The van der Waals surface area contributed by atoms with E-state index in [1.807, 2.05) is 0 Å². The quantitative estimate of drug-likeness (QED) is 0.719. The van der Waals surface area contributed by atoms with Crippen molar-refractivity contribution in [2.45, 2.75) is 0 Å². The minimum atomic E-state index is 0. The Balaban J connectivity index is 0.000000250. The van der Waals surface area contributed by atoms with Crippen LogP contribution in [0.4, 0.5) is 0 Å². The van der Waals surface area contributed by atoms with Crippen molar-refractivity contribution in [3.05, 3.63) is 18.7 Å². The van der Waals surface area contributed by atoms with Crippen molar-refractivity contribution in [3.63, 3.8) is 0 Å². The van der Waals surface area contributed by atoms with Crippen LogP contribution in [0.25, 0.3) is 0 Å². The number of nitrogens with one attached hydrogen (secondary N) is 1. The van der Waals surface area contributed by atoms with Gasteiger partial charge in [0, 0.05) is 12.4 Å². The van der Waals surface area contributed by atoms with Crippen molar-refractivity contribution in [3.8, 4) is 0 Å². The minimum Gasteiger partial charge on any atom is -0.351 e. The molecule has 0 radical (unpaired) electrons. The second-order valence-electron chi connectivity index (χ2n) is 0.761. The molecule has 1 N–H and O–H groups in total. The van der Waals surface area contributed by atoms with E-state index in [1.54, 1.807) is 18.7 Å². The van der Waals surface area contributed by atoms with Gasteiger partial charge < -0.3 is 4.98 Å². The van der Waals surface area contributed by atoms with Gasteiger partial charge in [-0.15, -0.1) is 0 Å². The molecule has 34 valence electrons. The maximum atomic E-state index is 3.67. The maximum absolute atomic E-state index is 3.67. The molecule has 0 saturated carbocycles. The number of aromatic nitrogens is 2. The Kier molecular flexibility index (Phi) is 3.34. The number of aromatic amines is 1. The zero-order valence-corrected chi connectivity index (χ0v) is 6.26. The predicted octanol–water partition coefficient (Wildman–Crippen LogP) is 0.142. The van der Waals surface area contributed by atoms with Crippen LogP contribution in [-0.2, 0) is 0 Å². The molecule has 0 saturated heterocycles. The van der Waals surface area contributed by atoms with Crippen molar-refractivity contribution in [1.82, 2.24) is 9.97 Å². The first-order valence-corrected chi connectivity index (χ1v) is 1.43. The Morgan fingerprint density at radius 3 is 2.50 bits per heavy atom. The summed E-state index contributed by atoms with van der Waals surface area (Å²) in [5.74, 6) is 0. The molecule has 0 amide bonds. The summed E-state index contributed by atoms with van der Waals surface area (Å²) >= 11 is 0. The van der Waals surface area contributed by atoms with E-state index in [0.717, 1.165) is 0 Å². The molecule has 6 heavy (non-hydrogen) atoms.